The third-order valence-corrected chi connectivity index (χ3v) is 4.90. The summed E-state index contributed by atoms with van der Waals surface area (Å²) < 4.78 is 27.4. The summed E-state index contributed by atoms with van der Waals surface area (Å²) in [4.78, 5) is 2.17. The van der Waals surface area contributed by atoms with Gasteiger partial charge < -0.3 is 4.90 Å². The fourth-order valence-electron chi connectivity index (χ4n) is 2.11. The molecule has 1 aliphatic rings. The number of piperidine rings is 1. The maximum atomic E-state index is 11.7. The smallest absolute Gasteiger partial charge is 0.279 e. The summed E-state index contributed by atoms with van der Waals surface area (Å²) in [6, 6.07) is 2.01. The van der Waals surface area contributed by atoms with E-state index >= 15 is 0 Å². The number of aromatic amines is 1. The first kappa shape index (κ1) is 14.3. The third-order valence-electron chi connectivity index (χ3n) is 3.31. The van der Waals surface area contributed by atoms with Gasteiger partial charge in [-0.2, -0.15) is 22.5 Å². The number of nitrogens with one attached hydrogen (secondary N) is 2. The van der Waals surface area contributed by atoms with E-state index in [9.17, 15) is 8.42 Å². The monoisotopic (exact) mass is 287 g/mol. The Hall–Kier alpha value is -1.12. The molecular weight excluding hydrogens is 266 g/mol. The van der Waals surface area contributed by atoms with Crippen LogP contribution in [0.3, 0.4) is 0 Å². The number of rotatable bonds is 4. The topological polar surface area (TPSA) is 81.3 Å². The minimum atomic E-state index is -3.33. The summed E-state index contributed by atoms with van der Waals surface area (Å²) in [5.41, 5.74) is 1.03. The Bertz CT molecular complexity index is 517. The zero-order chi connectivity index (χ0) is 14.0. The largest absolute Gasteiger partial charge is 0.355 e. The molecule has 0 aliphatic carbocycles. The van der Waals surface area contributed by atoms with Crippen LogP contribution in [0, 0.1) is 6.92 Å². The summed E-state index contributed by atoms with van der Waals surface area (Å²) >= 11 is 0. The van der Waals surface area contributed by atoms with Crippen LogP contribution in [0.15, 0.2) is 6.07 Å². The van der Waals surface area contributed by atoms with Gasteiger partial charge in [0.15, 0.2) is 5.82 Å². The lowest BCUT2D eigenvalue weighted by Gasteiger charge is -2.32. The van der Waals surface area contributed by atoms with E-state index in [1.54, 1.807) is 0 Å². The Kier molecular flexibility index (Phi) is 4.12. The molecule has 2 N–H and O–H groups in total. The lowest BCUT2D eigenvalue weighted by molar-refractivity contribution is 0.436. The molecule has 1 aromatic heterocycles. The Morgan fingerprint density at radius 2 is 2.05 bits per heavy atom. The van der Waals surface area contributed by atoms with E-state index in [1.165, 1.54) is 18.4 Å². The van der Waals surface area contributed by atoms with Crippen molar-refractivity contribution in [3.63, 3.8) is 0 Å². The molecule has 8 heteroatoms. The molecule has 108 valence electrons. The first-order valence-electron chi connectivity index (χ1n) is 6.35. The molecule has 0 radical (unpaired) electrons. The van der Waals surface area contributed by atoms with Crippen molar-refractivity contribution in [1.29, 1.82) is 0 Å². The van der Waals surface area contributed by atoms with Gasteiger partial charge in [0.1, 0.15) is 0 Å². The molecule has 7 nitrogen and oxygen atoms in total. The maximum Gasteiger partial charge on any atom is 0.279 e. The molecule has 0 aromatic carbocycles. The van der Waals surface area contributed by atoms with E-state index in [-0.39, 0.29) is 6.04 Å². The molecule has 1 aromatic rings. The molecule has 0 atom stereocenters. The number of aryl methyl sites for hydroxylation is 1. The van der Waals surface area contributed by atoms with Crippen molar-refractivity contribution in [3.05, 3.63) is 11.8 Å². The summed E-state index contributed by atoms with van der Waals surface area (Å²) in [7, 11) is -0.269. The molecule has 2 rings (SSSR count). The molecular formula is C11H21N5O2S. The van der Waals surface area contributed by atoms with E-state index < -0.39 is 10.2 Å². The summed E-state index contributed by atoms with van der Waals surface area (Å²) in [5.74, 6) is 0.936. The van der Waals surface area contributed by atoms with Gasteiger partial charge in [0.05, 0.1) is 0 Å². The van der Waals surface area contributed by atoms with Crippen LogP contribution >= 0.6 is 0 Å². The Labute approximate surface area is 114 Å². The van der Waals surface area contributed by atoms with Crippen LogP contribution in [-0.4, -0.2) is 56.1 Å². The minimum Gasteiger partial charge on any atom is -0.355 e. The molecule has 0 unspecified atom stereocenters. The van der Waals surface area contributed by atoms with E-state index in [2.05, 4.69) is 19.8 Å². The number of hydrogen-bond acceptors (Lipinski definition) is 4. The van der Waals surface area contributed by atoms with E-state index in [4.69, 9.17) is 0 Å². The highest BCUT2D eigenvalue weighted by atomic mass is 32.2. The standard InChI is InChI=1S/C11H21N5O2S/c1-9-8-11(13-12-9)16-6-4-10(5-7-16)14-19(17,18)15(2)3/h8,10,14H,4-7H2,1-3H3,(H,12,13). The van der Waals surface area contributed by atoms with Crippen LogP contribution in [0.1, 0.15) is 18.5 Å². The summed E-state index contributed by atoms with van der Waals surface area (Å²) in [6.07, 6.45) is 1.58. The SMILES string of the molecule is Cc1cc(N2CCC(NS(=O)(=O)N(C)C)CC2)n[nH]1. The first-order chi connectivity index (χ1) is 8.88. The van der Waals surface area contributed by atoms with Gasteiger partial charge in [0, 0.05) is 45.0 Å². The van der Waals surface area contributed by atoms with Crippen LogP contribution in [0.25, 0.3) is 0 Å². The van der Waals surface area contributed by atoms with Gasteiger partial charge in [-0.3, -0.25) is 5.10 Å². The Morgan fingerprint density at radius 1 is 1.42 bits per heavy atom. The van der Waals surface area contributed by atoms with Gasteiger partial charge in [0.2, 0.25) is 0 Å². The van der Waals surface area contributed by atoms with Crippen molar-refractivity contribution in [2.24, 2.45) is 0 Å². The van der Waals surface area contributed by atoms with Gasteiger partial charge in [-0.1, -0.05) is 0 Å². The van der Waals surface area contributed by atoms with Gasteiger partial charge in [-0.05, 0) is 19.8 Å². The fraction of sp³-hybridized carbons (Fsp3) is 0.727. The molecule has 0 saturated carbocycles. The van der Waals surface area contributed by atoms with Crippen molar-refractivity contribution in [2.75, 3.05) is 32.1 Å². The third kappa shape index (κ3) is 3.46. The van der Waals surface area contributed by atoms with Gasteiger partial charge >= 0.3 is 0 Å². The second kappa shape index (κ2) is 5.48. The average molecular weight is 287 g/mol. The van der Waals surface area contributed by atoms with Crippen molar-refractivity contribution in [2.45, 2.75) is 25.8 Å². The van der Waals surface area contributed by atoms with E-state index in [1.807, 2.05) is 13.0 Å². The summed E-state index contributed by atoms with van der Waals surface area (Å²) in [6.45, 7) is 3.59. The van der Waals surface area contributed by atoms with Gasteiger partial charge in [-0.25, -0.2) is 0 Å². The summed E-state index contributed by atoms with van der Waals surface area (Å²) in [5, 5.41) is 7.14. The van der Waals surface area contributed by atoms with E-state index in [0.717, 1.165) is 37.4 Å². The second-order valence-electron chi connectivity index (χ2n) is 5.08. The molecule has 2 heterocycles. The Morgan fingerprint density at radius 3 is 2.53 bits per heavy atom. The molecule has 1 fully saturated rings. The molecule has 1 aliphatic heterocycles. The lowest BCUT2D eigenvalue weighted by Crippen LogP contribution is -2.47. The van der Waals surface area contributed by atoms with Gasteiger partial charge in [-0.15, -0.1) is 0 Å². The maximum absolute atomic E-state index is 11.7. The van der Waals surface area contributed by atoms with Crippen LogP contribution < -0.4 is 9.62 Å². The number of aromatic nitrogens is 2. The molecule has 0 spiro atoms. The first-order valence-corrected chi connectivity index (χ1v) is 7.79. The number of nitrogens with zero attached hydrogens (tertiary/aromatic N) is 3. The molecule has 0 amide bonds. The lowest BCUT2D eigenvalue weighted by atomic mass is 10.1. The zero-order valence-electron chi connectivity index (χ0n) is 11.5. The molecule has 0 bridgehead atoms. The van der Waals surface area contributed by atoms with Crippen molar-refractivity contribution in [3.8, 4) is 0 Å². The predicted octanol–water partition coefficient (Wildman–Crippen LogP) is 0.0829. The van der Waals surface area contributed by atoms with Crippen LogP contribution in [0.5, 0.6) is 0 Å². The Balaban J connectivity index is 1.89. The van der Waals surface area contributed by atoms with Crippen molar-refractivity contribution in [1.82, 2.24) is 19.2 Å². The average Bonchev–Trinajstić information content (AvgIpc) is 2.76. The van der Waals surface area contributed by atoms with Crippen LogP contribution in [0.4, 0.5) is 5.82 Å². The number of H-pyrrole nitrogens is 1. The fourth-order valence-corrected chi connectivity index (χ4v) is 2.98. The highest BCUT2D eigenvalue weighted by Gasteiger charge is 2.25. The molecule has 19 heavy (non-hydrogen) atoms. The highest BCUT2D eigenvalue weighted by Crippen LogP contribution is 2.18. The quantitative estimate of drug-likeness (QED) is 0.822. The predicted molar refractivity (Wildman–Crippen MR) is 74.3 cm³/mol. The van der Waals surface area contributed by atoms with E-state index in [0.29, 0.717) is 0 Å². The van der Waals surface area contributed by atoms with Crippen molar-refractivity contribution < 1.29 is 8.42 Å². The zero-order valence-corrected chi connectivity index (χ0v) is 12.4. The second-order valence-corrected chi connectivity index (χ2v) is 6.99. The highest BCUT2D eigenvalue weighted by molar-refractivity contribution is 7.87. The van der Waals surface area contributed by atoms with Gasteiger partial charge in [0.25, 0.3) is 10.2 Å². The van der Waals surface area contributed by atoms with Crippen LogP contribution in [-0.2, 0) is 10.2 Å². The van der Waals surface area contributed by atoms with Crippen LogP contribution in [0.2, 0.25) is 0 Å². The van der Waals surface area contributed by atoms with Crippen molar-refractivity contribution >= 4 is 16.0 Å². The normalized spacial score (nSPS) is 18.2. The molecule has 1 saturated heterocycles. The number of anilines is 1. The minimum absolute atomic E-state index is 0.00342. The number of hydrogen-bond donors (Lipinski definition) is 2.